The number of anilines is 1. The second-order valence-corrected chi connectivity index (χ2v) is 13.0. The maximum atomic E-state index is 12.6. The largest absolute Gasteiger partial charge is 0.393 e. The summed E-state index contributed by atoms with van der Waals surface area (Å²) in [4.78, 5) is 17.7. The number of hydrogen-bond donors (Lipinski definition) is 2. The lowest BCUT2D eigenvalue weighted by molar-refractivity contribution is -0.127. The first kappa shape index (κ1) is 28.4. The third kappa shape index (κ3) is 6.37. The summed E-state index contributed by atoms with van der Waals surface area (Å²) in [5, 5.41) is 11.6. The quantitative estimate of drug-likeness (QED) is 0.403. The van der Waals surface area contributed by atoms with Crippen LogP contribution in [0.15, 0.2) is 50.5 Å². The lowest BCUT2D eigenvalue weighted by Gasteiger charge is -2.38. The summed E-state index contributed by atoms with van der Waals surface area (Å²) in [6.45, 7) is 2.42. The summed E-state index contributed by atoms with van der Waals surface area (Å²) in [5.74, 6) is 2.86. The van der Waals surface area contributed by atoms with Crippen LogP contribution in [0.2, 0.25) is 5.02 Å². The molecule has 0 bridgehead atoms. The van der Waals surface area contributed by atoms with Crippen molar-refractivity contribution in [1.82, 2.24) is 15.1 Å². The average Bonchev–Trinajstić information content (AvgIpc) is 3.57. The maximum Gasteiger partial charge on any atom is 0.393 e. The summed E-state index contributed by atoms with van der Waals surface area (Å²) < 4.78 is 39.0. The van der Waals surface area contributed by atoms with E-state index in [9.17, 15) is 18.0 Å². The Morgan fingerprint density at radius 1 is 1.15 bits per heavy atom. The van der Waals surface area contributed by atoms with Gasteiger partial charge in [-0.05, 0) is 80.5 Å². The molecule has 6 nitrogen and oxygen atoms in total. The van der Waals surface area contributed by atoms with Gasteiger partial charge in [0.25, 0.3) is 5.56 Å². The number of aliphatic imine (C=N–C) groups is 1. The number of halogens is 4. The molecule has 2 aromatic rings. The van der Waals surface area contributed by atoms with Crippen molar-refractivity contribution in [3.05, 3.63) is 72.8 Å². The number of fused-ring (bicyclic) bond motifs is 1. The molecular weight excluding hydrogens is 571 g/mol. The Kier molecular flexibility index (Phi) is 7.96. The van der Waals surface area contributed by atoms with Gasteiger partial charge in [-0.15, -0.1) is 11.8 Å². The number of aryl methyl sites for hydroxylation is 1. The molecule has 1 spiro atoms. The second kappa shape index (κ2) is 11.5. The first-order chi connectivity index (χ1) is 19.7. The van der Waals surface area contributed by atoms with Crippen molar-refractivity contribution in [2.24, 2.45) is 4.99 Å². The maximum absolute atomic E-state index is 12.6. The van der Waals surface area contributed by atoms with Gasteiger partial charge in [-0.3, -0.25) is 4.79 Å². The summed E-state index contributed by atoms with van der Waals surface area (Å²) in [6, 6.07) is 4.90. The van der Waals surface area contributed by atoms with Crippen molar-refractivity contribution in [2.45, 2.75) is 81.3 Å². The number of thioether (sulfide) groups is 1. The van der Waals surface area contributed by atoms with E-state index in [4.69, 9.17) is 11.6 Å². The van der Waals surface area contributed by atoms with Crippen LogP contribution >= 0.6 is 23.4 Å². The van der Waals surface area contributed by atoms with Crippen molar-refractivity contribution in [3.63, 3.8) is 0 Å². The molecule has 1 aromatic heterocycles. The van der Waals surface area contributed by atoms with E-state index in [-0.39, 0.29) is 17.4 Å². The van der Waals surface area contributed by atoms with Gasteiger partial charge in [-0.1, -0.05) is 11.6 Å². The molecule has 5 heterocycles. The summed E-state index contributed by atoms with van der Waals surface area (Å²) in [7, 11) is 0. The van der Waals surface area contributed by atoms with Crippen LogP contribution in [-0.2, 0) is 19.4 Å². The standard InChI is InChI=1S/C23H18ClF3N4OS.C7H13N/c24-15-7-14-2-1-4-29-21(14)18(8-15)17-3-5-28-19-9-16(33-22(17)19)12-31-20(32)6-13(11-30-31)10-23(25,26)27;1-3-7(4-1)5-2-6-8-7/h6-8,11,16,29H,1-2,4,9-10,12H2;8H,1-6H2. The Bertz CT molecular complexity index is 1540. The van der Waals surface area contributed by atoms with Gasteiger partial charge in [0.1, 0.15) is 0 Å². The zero-order valence-corrected chi connectivity index (χ0v) is 24.1. The number of allylic oxidation sites excluding steroid dienone is 2. The molecule has 1 saturated heterocycles. The van der Waals surface area contributed by atoms with Crippen LogP contribution in [-0.4, -0.2) is 45.7 Å². The van der Waals surface area contributed by atoms with E-state index in [1.807, 2.05) is 12.1 Å². The third-order valence-electron chi connectivity index (χ3n) is 8.30. The molecule has 1 saturated carbocycles. The number of hydrogen-bond acceptors (Lipinski definition) is 6. The van der Waals surface area contributed by atoms with Crippen LogP contribution in [0.5, 0.6) is 0 Å². The normalized spacial score (nSPS) is 22.0. The Hall–Kier alpha value is -2.74. The van der Waals surface area contributed by atoms with Crippen molar-refractivity contribution in [2.75, 3.05) is 18.4 Å². The minimum Gasteiger partial charge on any atom is -0.384 e. The van der Waals surface area contributed by atoms with E-state index >= 15 is 0 Å². The molecule has 7 rings (SSSR count). The molecule has 1 atom stereocenters. The highest BCUT2D eigenvalue weighted by atomic mass is 35.5. The molecule has 1 aromatic carbocycles. The smallest absolute Gasteiger partial charge is 0.384 e. The summed E-state index contributed by atoms with van der Waals surface area (Å²) in [6.07, 6.45) is 5.37. The van der Waals surface area contributed by atoms with Gasteiger partial charge in [0, 0.05) is 56.9 Å². The van der Waals surface area contributed by atoms with E-state index in [0.29, 0.717) is 17.0 Å². The molecule has 1 aliphatic carbocycles. The highest BCUT2D eigenvalue weighted by Gasteiger charge is 2.38. The Morgan fingerprint density at radius 3 is 2.66 bits per heavy atom. The highest BCUT2D eigenvalue weighted by molar-refractivity contribution is 8.04. The molecule has 5 aliphatic rings. The molecule has 41 heavy (non-hydrogen) atoms. The van der Waals surface area contributed by atoms with Gasteiger partial charge >= 0.3 is 6.18 Å². The minimum atomic E-state index is -4.38. The summed E-state index contributed by atoms with van der Waals surface area (Å²) in [5.41, 5.74) is 7.99. The minimum absolute atomic E-state index is 0.0444. The van der Waals surface area contributed by atoms with Crippen molar-refractivity contribution >= 4 is 40.5 Å². The van der Waals surface area contributed by atoms with Crippen LogP contribution in [0.3, 0.4) is 0 Å². The lowest BCUT2D eigenvalue weighted by Crippen LogP contribution is -2.45. The molecule has 216 valence electrons. The molecular formula is C30H31ClF3N5OS. The highest BCUT2D eigenvalue weighted by Crippen LogP contribution is 2.48. The van der Waals surface area contributed by atoms with Crippen LogP contribution in [0.4, 0.5) is 18.9 Å². The van der Waals surface area contributed by atoms with Gasteiger partial charge in [0.05, 0.1) is 30.4 Å². The first-order valence-corrected chi connectivity index (χ1v) is 15.4. The summed E-state index contributed by atoms with van der Waals surface area (Å²) >= 11 is 7.97. The number of nitrogens with one attached hydrogen (secondary N) is 2. The van der Waals surface area contributed by atoms with E-state index in [1.165, 1.54) is 43.3 Å². The first-order valence-electron chi connectivity index (χ1n) is 14.1. The van der Waals surface area contributed by atoms with Gasteiger partial charge < -0.3 is 10.6 Å². The molecule has 11 heteroatoms. The van der Waals surface area contributed by atoms with Gasteiger partial charge in [0.2, 0.25) is 0 Å². The SMILES string of the molecule is C1CNC2(C1)CCC2.O=c1cc(CC(F)(F)F)cnn1CC1CC2=C(S1)C(c1cc(Cl)cc3c1NCCC3)=C=C=N2. The van der Waals surface area contributed by atoms with Crippen molar-refractivity contribution in [3.8, 4) is 0 Å². The number of rotatable bonds is 4. The van der Waals surface area contributed by atoms with E-state index in [2.05, 4.69) is 32.3 Å². The predicted octanol–water partition coefficient (Wildman–Crippen LogP) is 6.29. The number of nitrogens with zero attached hydrogens (tertiary/aromatic N) is 3. The molecule has 0 amide bonds. The predicted molar refractivity (Wildman–Crippen MR) is 158 cm³/mol. The Labute approximate surface area is 245 Å². The molecule has 4 aliphatic heterocycles. The van der Waals surface area contributed by atoms with Crippen LogP contribution in [0, 0.1) is 0 Å². The van der Waals surface area contributed by atoms with E-state index in [1.54, 1.807) is 11.8 Å². The van der Waals surface area contributed by atoms with Crippen LogP contribution < -0.4 is 16.2 Å². The average molecular weight is 602 g/mol. The van der Waals surface area contributed by atoms with Gasteiger partial charge in [0.15, 0.2) is 0 Å². The van der Waals surface area contributed by atoms with Crippen molar-refractivity contribution < 1.29 is 13.2 Å². The van der Waals surface area contributed by atoms with Crippen molar-refractivity contribution in [1.29, 1.82) is 0 Å². The van der Waals surface area contributed by atoms with Crippen LogP contribution in [0.25, 0.3) is 5.57 Å². The molecule has 2 fully saturated rings. The molecule has 0 radical (unpaired) electrons. The number of aromatic nitrogens is 2. The topological polar surface area (TPSA) is 71.3 Å². The Balaban J connectivity index is 0.000000322. The lowest BCUT2D eigenvalue weighted by atomic mass is 9.76. The number of alkyl halides is 3. The van der Waals surface area contributed by atoms with Gasteiger partial charge in [-0.25, -0.2) is 9.67 Å². The number of benzene rings is 1. The fourth-order valence-corrected chi connectivity index (χ4v) is 7.75. The Morgan fingerprint density at radius 2 is 1.98 bits per heavy atom. The third-order valence-corrected chi connectivity index (χ3v) is 9.84. The second-order valence-electron chi connectivity index (χ2n) is 11.3. The van der Waals surface area contributed by atoms with E-state index in [0.717, 1.165) is 64.6 Å². The van der Waals surface area contributed by atoms with Crippen LogP contribution in [0.1, 0.15) is 61.6 Å². The molecule has 1 unspecified atom stereocenters. The zero-order chi connectivity index (χ0) is 28.6. The monoisotopic (exact) mass is 601 g/mol. The zero-order valence-electron chi connectivity index (χ0n) is 22.5. The van der Waals surface area contributed by atoms with E-state index < -0.39 is 18.2 Å². The molecule has 2 N–H and O–H groups in total. The fraction of sp³-hybridized carbons (Fsp3) is 0.500. The van der Waals surface area contributed by atoms with Gasteiger partial charge in [-0.2, -0.15) is 18.3 Å². The fourth-order valence-electron chi connectivity index (χ4n) is 6.17.